The second-order valence-corrected chi connectivity index (χ2v) is 4.47. The number of carbonyl (C=O) groups is 1. The van der Waals surface area contributed by atoms with Gasteiger partial charge in [-0.3, -0.25) is 14.9 Å². The third kappa shape index (κ3) is 2.59. The Kier molecular flexibility index (Phi) is 3.55. The molecule has 1 amide bonds. The molecule has 1 saturated heterocycles. The van der Waals surface area contributed by atoms with Gasteiger partial charge in [0.2, 0.25) is 5.91 Å². The number of benzene rings is 1. The van der Waals surface area contributed by atoms with Crippen LogP contribution in [0.15, 0.2) is 18.2 Å². The Morgan fingerprint density at radius 2 is 1.95 bits per heavy atom. The van der Waals surface area contributed by atoms with Gasteiger partial charge in [-0.25, -0.2) is 0 Å². The van der Waals surface area contributed by atoms with E-state index in [2.05, 4.69) is 0 Å². The maximum atomic E-state index is 11.3. The lowest BCUT2D eigenvalue weighted by Crippen LogP contribution is -2.48. The molecule has 7 nitrogen and oxygen atoms in total. The van der Waals surface area contributed by atoms with E-state index in [4.69, 9.17) is 5.73 Å². The fraction of sp³-hybridized carbons (Fsp3) is 0.417. The van der Waals surface area contributed by atoms with Crippen LogP contribution in [0, 0.1) is 10.1 Å². The molecule has 19 heavy (non-hydrogen) atoms. The molecular formula is C12H16N4O3. The summed E-state index contributed by atoms with van der Waals surface area (Å²) in [5, 5.41) is 11.1. The molecule has 1 aromatic carbocycles. The number of rotatable bonds is 2. The van der Waals surface area contributed by atoms with Crippen LogP contribution in [0.3, 0.4) is 0 Å². The number of hydrogen-bond acceptors (Lipinski definition) is 5. The van der Waals surface area contributed by atoms with Gasteiger partial charge in [0.25, 0.3) is 0 Å². The topological polar surface area (TPSA) is 92.7 Å². The van der Waals surface area contributed by atoms with Crippen molar-refractivity contribution in [2.24, 2.45) is 0 Å². The van der Waals surface area contributed by atoms with Crippen LogP contribution in [0.25, 0.3) is 0 Å². The van der Waals surface area contributed by atoms with Crippen molar-refractivity contribution in [1.82, 2.24) is 4.90 Å². The summed E-state index contributed by atoms with van der Waals surface area (Å²) in [6.45, 7) is 3.81. The monoisotopic (exact) mass is 264 g/mol. The molecule has 0 aliphatic carbocycles. The molecule has 7 heteroatoms. The van der Waals surface area contributed by atoms with Crippen LogP contribution < -0.4 is 10.6 Å². The number of nitrogens with two attached hydrogens (primary N) is 1. The van der Waals surface area contributed by atoms with Gasteiger partial charge < -0.3 is 15.5 Å². The lowest BCUT2D eigenvalue weighted by molar-refractivity contribution is -0.383. The highest BCUT2D eigenvalue weighted by atomic mass is 16.6. The van der Waals surface area contributed by atoms with Gasteiger partial charge in [0, 0.05) is 33.1 Å². The first-order valence-electron chi connectivity index (χ1n) is 6.04. The van der Waals surface area contributed by atoms with Crippen LogP contribution >= 0.6 is 0 Å². The van der Waals surface area contributed by atoms with E-state index in [1.165, 1.54) is 13.0 Å². The smallest absolute Gasteiger partial charge is 0.315 e. The molecule has 0 unspecified atom stereocenters. The molecular weight excluding hydrogens is 248 g/mol. The Balaban J connectivity index is 2.22. The average Bonchev–Trinajstić information content (AvgIpc) is 2.38. The molecule has 0 spiro atoms. The standard InChI is InChI=1S/C12H16N4O3/c1-9(17)14-5-7-15(8-6-14)11-4-2-3-10(13)12(11)16(18)19/h2-4H,5-8,13H2,1H3. The SMILES string of the molecule is CC(=O)N1CCN(c2cccc(N)c2[N+](=O)[O-])CC1. The van der Waals surface area contributed by atoms with Crippen molar-refractivity contribution in [2.75, 3.05) is 36.8 Å². The molecule has 0 bridgehead atoms. The van der Waals surface area contributed by atoms with Gasteiger partial charge in [0.1, 0.15) is 11.4 Å². The number of hydrogen-bond donors (Lipinski definition) is 1. The Morgan fingerprint density at radius 3 is 2.47 bits per heavy atom. The summed E-state index contributed by atoms with van der Waals surface area (Å²) < 4.78 is 0. The van der Waals surface area contributed by atoms with Crippen LogP contribution in [-0.2, 0) is 4.79 Å². The zero-order chi connectivity index (χ0) is 14.0. The maximum Gasteiger partial charge on any atom is 0.315 e. The Morgan fingerprint density at radius 1 is 1.32 bits per heavy atom. The van der Waals surface area contributed by atoms with Crippen molar-refractivity contribution in [1.29, 1.82) is 0 Å². The second kappa shape index (κ2) is 5.13. The first kappa shape index (κ1) is 13.1. The lowest BCUT2D eigenvalue weighted by Gasteiger charge is -2.35. The van der Waals surface area contributed by atoms with Crippen LogP contribution in [0.4, 0.5) is 17.1 Å². The van der Waals surface area contributed by atoms with E-state index < -0.39 is 4.92 Å². The number of nitrogen functional groups attached to an aromatic ring is 1. The summed E-state index contributed by atoms with van der Waals surface area (Å²) in [6, 6.07) is 4.92. The maximum absolute atomic E-state index is 11.3. The molecule has 0 radical (unpaired) electrons. The van der Waals surface area contributed by atoms with Crippen LogP contribution in [-0.4, -0.2) is 41.9 Å². The predicted octanol–water partition coefficient (Wildman–Crippen LogP) is 0.846. The van der Waals surface area contributed by atoms with E-state index in [9.17, 15) is 14.9 Å². The predicted molar refractivity (Wildman–Crippen MR) is 72.0 cm³/mol. The van der Waals surface area contributed by atoms with Crippen LogP contribution in [0.2, 0.25) is 0 Å². The Bertz CT molecular complexity index is 510. The van der Waals surface area contributed by atoms with Crippen molar-refractivity contribution in [3.8, 4) is 0 Å². The normalized spacial score (nSPS) is 15.4. The largest absolute Gasteiger partial charge is 0.393 e. The van der Waals surface area contributed by atoms with Gasteiger partial charge in [-0.2, -0.15) is 0 Å². The number of piperazine rings is 1. The van der Waals surface area contributed by atoms with Crippen molar-refractivity contribution in [2.45, 2.75) is 6.92 Å². The number of para-hydroxylation sites is 1. The van der Waals surface area contributed by atoms with Crippen LogP contribution in [0.1, 0.15) is 6.92 Å². The highest BCUT2D eigenvalue weighted by Crippen LogP contribution is 2.33. The van der Waals surface area contributed by atoms with Gasteiger partial charge in [-0.05, 0) is 12.1 Å². The van der Waals surface area contributed by atoms with E-state index in [0.29, 0.717) is 31.9 Å². The minimum absolute atomic E-state index is 0.0294. The number of amides is 1. The molecule has 1 heterocycles. The average molecular weight is 264 g/mol. The zero-order valence-corrected chi connectivity index (χ0v) is 10.7. The summed E-state index contributed by atoms with van der Waals surface area (Å²) >= 11 is 0. The molecule has 102 valence electrons. The fourth-order valence-corrected chi connectivity index (χ4v) is 2.27. The molecule has 1 fully saturated rings. The summed E-state index contributed by atoms with van der Waals surface area (Å²) in [5.41, 5.74) is 6.30. The second-order valence-electron chi connectivity index (χ2n) is 4.47. The van der Waals surface area contributed by atoms with Crippen molar-refractivity contribution in [3.63, 3.8) is 0 Å². The zero-order valence-electron chi connectivity index (χ0n) is 10.7. The molecule has 0 saturated carbocycles. The van der Waals surface area contributed by atoms with Gasteiger partial charge in [-0.15, -0.1) is 0 Å². The minimum atomic E-state index is -0.456. The first-order valence-corrected chi connectivity index (χ1v) is 6.04. The molecule has 0 aromatic heterocycles. The first-order chi connectivity index (χ1) is 9.00. The lowest BCUT2D eigenvalue weighted by atomic mass is 10.2. The van der Waals surface area contributed by atoms with Crippen molar-refractivity contribution >= 4 is 23.0 Å². The van der Waals surface area contributed by atoms with Crippen molar-refractivity contribution < 1.29 is 9.72 Å². The quantitative estimate of drug-likeness (QED) is 0.485. The number of anilines is 2. The highest BCUT2D eigenvalue weighted by Gasteiger charge is 2.26. The minimum Gasteiger partial charge on any atom is -0.393 e. The Hall–Kier alpha value is -2.31. The van der Waals surface area contributed by atoms with E-state index in [1.54, 1.807) is 17.0 Å². The van der Waals surface area contributed by atoms with Crippen molar-refractivity contribution in [3.05, 3.63) is 28.3 Å². The summed E-state index contributed by atoms with van der Waals surface area (Å²) in [6.07, 6.45) is 0. The van der Waals surface area contributed by atoms with E-state index in [1.807, 2.05) is 4.90 Å². The third-order valence-electron chi connectivity index (χ3n) is 3.29. The summed E-state index contributed by atoms with van der Waals surface area (Å²) in [5.74, 6) is 0.0294. The highest BCUT2D eigenvalue weighted by molar-refractivity contribution is 5.76. The molecule has 2 N–H and O–H groups in total. The third-order valence-corrected chi connectivity index (χ3v) is 3.29. The molecule has 1 aliphatic heterocycles. The molecule has 1 aliphatic rings. The fourth-order valence-electron chi connectivity index (χ4n) is 2.27. The number of nitrogens with zero attached hydrogens (tertiary/aromatic N) is 3. The van der Waals surface area contributed by atoms with E-state index in [0.717, 1.165) is 0 Å². The van der Waals surface area contributed by atoms with Gasteiger partial charge in [0.05, 0.1) is 4.92 Å². The van der Waals surface area contributed by atoms with Gasteiger partial charge >= 0.3 is 5.69 Å². The summed E-state index contributed by atoms with van der Waals surface area (Å²) in [4.78, 5) is 25.5. The number of carbonyl (C=O) groups excluding carboxylic acids is 1. The van der Waals surface area contributed by atoms with E-state index >= 15 is 0 Å². The number of nitro benzene ring substituents is 1. The van der Waals surface area contributed by atoms with E-state index in [-0.39, 0.29) is 17.3 Å². The summed E-state index contributed by atoms with van der Waals surface area (Å²) in [7, 11) is 0. The number of nitro groups is 1. The van der Waals surface area contributed by atoms with Gasteiger partial charge in [0.15, 0.2) is 0 Å². The molecule has 2 rings (SSSR count). The molecule has 0 atom stereocenters. The Labute approximate surface area is 110 Å². The van der Waals surface area contributed by atoms with Crippen LogP contribution in [0.5, 0.6) is 0 Å². The molecule has 1 aromatic rings. The van der Waals surface area contributed by atoms with Gasteiger partial charge in [-0.1, -0.05) is 6.07 Å².